The highest BCUT2D eigenvalue weighted by Gasteiger charge is 2.47. The Morgan fingerprint density at radius 2 is 1.74 bits per heavy atom. The van der Waals surface area contributed by atoms with Crippen molar-refractivity contribution in [1.29, 1.82) is 0 Å². The topological polar surface area (TPSA) is 38.8 Å². The quantitative estimate of drug-likeness (QED) is 0.480. The second kappa shape index (κ2) is 4.86. The van der Waals surface area contributed by atoms with Gasteiger partial charge in [-0.25, -0.2) is 4.79 Å². The van der Waals surface area contributed by atoms with E-state index in [0.29, 0.717) is 5.75 Å². The number of epoxide rings is 1. The molecule has 0 aromatic heterocycles. The van der Waals surface area contributed by atoms with Gasteiger partial charge in [-0.15, -0.1) is 0 Å². The molecule has 1 heterocycles. The minimum absolute atomic E-state index is 0.170. The molecule has 0 N–H and O–H groups in total. The molecule has 1 fully saturated rings. The van der Waals surface area contributed by atoms with Crippen LogP contribution in [-0.4, -0.2) is 12.1 Å². The van der Waals surface area contributed by atoms with Gasteiger partial charge >= 0.3 is 5.97 Å². The summed E-state index contributed by atoms with van der Waals surface area (Å²) in [5.74, 6) is 0.211. The van der Waals surface area contributed by atoms with Gasteiger partial charge in [0.25, 0.3) is 0 Å². The number of ether oxygens (including phenoxy) is 2. The predicted molar refractivity (Wildman–Crippen MR) is 70.9 cm³/mol. The highest BCUT2D eigenvalue weighted by atomic mass is 16.6. The first-order chi connectivity index (χ1) is 9.24. The molecule has 3 rings (SSSR count). The zero-order chi connectivity index (χ0) is 13.2. The monoisotopic (exact) mass is 254 g/mol. The van der Waals surface area contributed by atoms with E-state index >= 15 is 0 Å². The number of hydrogen-bond acceptors (Lipinski definition) is 3. The summed E-state index contributed by atoms with van der Waals surface area (Å²) in [6, 6.07) is 17.0. The molecule has 3 heteroatoms. The standard InChI is InChI=1S/C16H14O3/c1-11-7-9-12(10-8-11)14-15(19-14)16(17)18-13-5-3-2-4-6-13/h2-10,14-15H,1H3. The lowest BCUT2D eigenvalue weighted by atomic mass is 10.1. The summed E-state index contributed by atoms with van der Waals surface area (Å²) in [6.45, 7) is 2.03. The van der Waals surface area contributed by atoms with Crippen molar-refractivity contribution < 1.29 is 14.3 Å². The van der Waals surface area contributed by atoms with Crippen LogP contribution in [-0.2, 0) is 9.53 Å². The van der Waals surface area contributed by atoms with Crippen molar-refractivity contribution in [3.05, 3.63) is 65.7 Å². The van der Waals surface area contributed by atoms with Crippen LogP contribution >= 0.6 is 0 Å². The number of carbonyl (C=O) groups excluding carboxylic acids is 1. The third-order valence-corrected chi connectivity index (χ3v) is 3.09. The van der Waals surface area contributed by atoms with Crippen LogP contribution in [0.5, 0.6) is 5.75 Å². The molecule has 19 heavy (non-hydrogen) atoms. The Morgan fingerprint density at radius 3 is 2.42 bits per heavy atom. The highest BCUT2D eigenvalue weighted by Crippen LogP contribution is 2.39. The number of esters is 1. The van der Waals surface area contributed by atoms with Crippen LogP contribution in [0.2, 0.25) is 0 Å². The second-order valence-electron chi connectivity index (χ2n) is 4.62. The molecule has 0 aliphatic carbocycles. The zero-order valence-corrected chi connectivity index (χ0v) is 10.6. The molecule has 2 unspecified atom stereocenters. The number of para-hydroxylation sites is 1. The Balaban J connectivity index is 1.63. The Morgan fingerprint density at radius 1 is 1.05 bits per heavy atom. The minimum Gasteiger partial charge on any atom is -0.425 e. The molecule has 3 nitrogen and oxygen atoms in total. The van der Waals surface area contributed by atoms with E-state index in [4.69, 9.17) is 9.47 Å². The molecule has 2 aromatic carbocycles. The molecule has 0 bridgehead atoms. The summed E-state index contributed by atoms with van der Waals surface area (Å²) >= 11 is 0. The van der Waals surface area contributed by atoms with E-state index in [1.807, 2.05) is 49.4 Å². The van der Waals surface area contributed by atoms with Crippen molar-refractivity contribution in [1.82, 2.24) is 0 Å². The molecule has 1 saturated heterocycles. The van der Waals surface area contributed by atoms with Crippen LogP contribution in [0.3, 0.4) is 0 Å². The van der Waals surface area contributed by atoms with Gasteiger partial charge in [0.15, 0.2) is 6.10 Å². The van der Waals surface area contributed by atoms with E-state index in [1.165, 1.54) is 5.56 Å². The summed E-state index contributed by atoms with van der Waals surface area (Å²) in [4.78, 5) is 11.9. The van der Waals surface area contributed by atoms with Crippen LogP contribution < -0.4 is 4.74 Å². The van der Waals surface area contributed by atoms with Crippen molar-refractivity contribution >= 4 is 5.97 Å². The molecule has 2 aromatic rings. The van der Waals surface area contributed by atoms with E-state index in [0.717, 1.165) is 5.56 Å². The molecule has 0 spiro atoms. The van der Waals surface area contributed by atoms with Gasteiger partial charge in [0.1, 0.15) is 11.9 Å². The molecular formula is C16H14O3. The Bertz CT molecular complexity index is 575. The maximum absolute atomic E-state index is 11.9. The summed E-state index contributed by atoms with van der Waals surface area (Å²) in [5, 5.41) is 0. The van der Waals surface area contributed by atoms with Crippen molar-refractivity contribution in [3.8, 4) is 5.75 Å². The lowest BCUT2D eigenvalue weighted by Crippen LogP contribution is -2.15. The normalized spacial score (nSPS) is 20.9. The third-order valence-electron chi connectivity index (χ3n) is 3.09. The van der Waals surface area contributed by atoms with Gasteiger partial charge in [-0.3, -0.25) is 0 Å². The van der Waals surface area contributed by atoms with E-state index in [9.17, 15) is 4.79 Å². The maximum Gasteiger partial charge on any atom is 0.343 e. The van der Waals surface area contributed by atoms with E-state index in [1.54, 1.807) is 12.1 Å². The van der Waals surface area contributed by atoms with Crippen molar-refractivity contribution in [2.24, 2.45) is 0 Å². The third kappa shape index (κ3) is 2.66. The van der Waals surface area contributed by atoms with Crippen molar-refractivity contribution in [3.63, 3.8) is 0 Å². The van der Waals surface area contributed by atoms with Gasteiger partial charge < -0.3 is 9.47 Å². The summed E-state index contributed by atoms with van der Waals surface area (Å²) in [6.07, 6.45) is -0.653. The molecule has 96 valence electrons. The first kappa shape index (κ1) is 11.9. The summed E-state index contributed by atoms with van der Waals surface area (Å²) in [7, 11) is 0. The molecule has 0 saturated carbocycles. The summed E-state index contributed by atoms with van der Waals surface area (Å²) < 4.78 is 10.7. The van der Waals surface area contributed by atoms with Crippen molar-refractivity contribution in [2.75, 3.05) is 0 Å². The van der Waals surface area contributed by atoms with Crippen LogP contribution in [0.25, 0.3) is 0 Å². The van der Waals surface area contributed by atoms with Gasteiger partial charge in [0.2, 0.25) is 0 Å². The fraction of sp³-hybridized carbons (Fsp3) is 0.188. The first-order valence-corrected chi connectivity index (χ1v) is 6.23. The Hall–Kier alpha value is -2.13. The van der Waals surface area contributed by atoms with Crippen LogP contribution in [0.1, 0.15) is 17.2 Å². The molecular weight excluding hydrogens is 240 g/mol. The van der Waals surface area contributed by atoms with Gasteiger partial charge in [0, 0.05) is 0 Å². The lowest BCUT2D eigenvalue weighted by molar-refractivity contribution is -0.135. The molecule has 0 radical (unpaired) electrons. The minimum atomic E-state index is -0.483. The van der Waals surface area contributed by atoms with Gasteiger partial charge in [-0.1, -0.05) is 48.0 Å². The number of benzene rings is 2. The molecule has 0 amide bonds. The average Bonchev–Trinajstić information content (AvgIpc) is 3.21. The van der Waals surface area contributed by atoms with Crippen LogP contribution in [0.15, 0.2) is 54.6 Å². The first-order valence-electron chi connectivity index (χ1n) is 6.23. The zero-order valence-electron chi connectivity index (χ0n) is 10.6. The SMILES string of the molecule is Cc1ccc(C2OC2C(=O)Oc2ccccc2)cc1. The molecule has 1 aliphatic heterocycles. The molecule has 1 aliphatic rings. The smallest absolute Gasteiger partial charge is 0.343 e. The average molecular weight is 254 g/mol. The van der Waals surface area contributed by atoms with Crippen LogP contribution in [0.4, 0.5) is 0 Å². The highest BCUT2D eigenvalue weighted by molar-refractivity contribution is 5.80. The fourth-order valence-corrected chi connectivity index (χ4v) is 1.96. The molecule has 2 atom stereocenters. The van der Waals surface area contributed by atoms with Crippen LogP contribution in [0, 0.1) is 6.92 Å². The lowest BCUT2D eigenvalue weighted by Gasteiger charge is -2.01. The maximum atomic E-state index is 11.9. The number of aryl methyl sites for hydroxylation is 1. The Labute approximate surface area is 111 Å². The van der Waals surface area contributed by atoms with Gasteiger partial charge in [-0.05, 0) is 24.6 Å². The van der Waals surface area contributed by atoms with E-state index < -0.39 is 6.10 Å². The fourth-order valence-electron chi connectivity index (χ4n) is 1.96. The number of carbonyl (C=O) groups is 1. The van der Waals surface area contributed by atoms with Crippen molar-refractivity contribution in [2.45, 2.75) is 19.1 Å². The van der Waals surface area contributed by atoms with Gasteiger partial charge in [0.05, 0.1) is 0 Å². The number of hydrogen-bond donors (Lipinski definition) is 0. The Kier molecular flexibility index (Phi) is 3.05. The predicted octanol–water partition coefficient (Wildman–Crippen LogP) is 3.04. The largest absolute Gasteiger partial charge is 0.425 e. The number of rotatable bonds is 3. The van der Waals surface area contributed by atoms with Gasteiger partial charge in [-0.2, -0.15) is 0 Å². The van der Waals surface area contributed by atoms with E-state index in [-0.39, 0.29) is 12.1 Å². The summed E-state index contributed by atoms with van der Waals surface area (Å²) in [5.41, 5.74) is 2.20. The second-order valence-corrected chi connectivity index (χ2v) is 4.62. The van der Waals surface area contributed by atoms with E-state index in [2.05, 4.69) is 0 Å².